The first-order chi connectivity index (χ1) is 17.0. The molecule has 0 unspecified atom stereocenters. The van der Waals surface area contributed by atoms with Gasteiger partial charge in [-0.25, -0.2) is 9.18 Å². The van der Waals surface area contributed by atoms with Crippen LogP contribution in [0.5, 0.6) is 0 Å². The van der Waals surface area contributed by atoms with Crippen molar-refractivity contribution >= 4 is 40.7 Å². The molecule has 0 radical (unpaired) electrons. The molecule has 7 nitrogen and oxygen atoms in total. The Labute approximate surface area is 214 Å². The topological polar surface area (TPSA) is 85.2 Å². The number of aromatic nitrogens is 2. The molecule has 3 aromatic carbocycles. The Morgan fingerprint density at radius 3 is 2.36 bits per heavy atom. The molecule has 0 aliphatic carbocycles. The van der Waals surface area contributed by atoms with E-state index in [1.54, 1.807) is 29.2 Å². The number of fused-ring (bicyclic) bond motifs is 1. The van der Waals surface area contributed by atoms with Crippen molar-refractivity contribution in [2.24, 2.45) is 0 Å². The first-order valence-corrected chi connectivity index (χ1v) is 11.4. The van der Waals surface area contributed by atoms with Crippen LogP contribution in [0.4, 0.5) is 20.7 Å². The van der Waals surface area contributed by atoms with Gasteiger partial charge in [-0.1, -0.05) is 36.4 Å². The summed E-state index contributed by atoms with van der Waals surface area (Å²) in [6.45, 7) is 3.69. The van der Waals surface area contributed by atoms with Crippen molar-refractivity contribution in [1.82, 2.24) is 15.1 Å². The van der Waals surface area contributed by atoms with Gasteiger partial charge >= 0.3 is 6.03 Å². The summed E-state index contributed by atoms with van der Waals surface area (Å²) in [6.07, 6.45) is 0. The average Bonchev–Trinajstić information content (AvgIpc) is 2.89. The summed E-state index contributed by atoms with van der Waals surface area (Å²) < 4.78 is 13.1. The number of nitriles is 1. The number of hydrogen-bond acceptors (Lipinski definition) is 5. The van der Waals surface area contributed by atoms with Crippen LogP contribution in [0.1, 0.15) is 12.5 Å². The lowest BCUT2D eigenvalue weighted by molar-refractivity contribution is 0.200. The second kappa shape index (κ2) is 10.6. The molecule has 1 aliphatic heterocycles. The smallest absolute Gasteiger partial charge is 0.321 e. The number of carbonyl (C=O) groups is 1. The van der Waals surface area contributed by atoms with Crippen LogP contribution in [0.2, 0.25) is 0 Å². The molecule has 1 fully saturated rings. The number of anilines is 2. The van der Waals surface area contributed by atoms with Gasteiger partial charge in [-0.15, -0.1) is 22.6 Å². The SMILES string of the molecule is C[C@H]1CN(C(=O)Nc2ccc(F)cc2)CCN1c1nnc(-c2ccc(C#N)cc2)c2ccccc12.Cl. The zero-order chi connectivity index (χ0) is 24.4. The number of nitrogens with one attached hydrogen (secondary N) is 1. The van der Waals surface area contributed by atoms with Crippen molar-refractivity contribution in [3.05, 3.63) is 84.2 Å². The van der Waals surface area contributed by atoms with Crippen molar-refractivity contribution in [2.45, 2.75) is 13.0 Å². The lowest BCUT2D eigenvalue weighted by Crippen LogP contribution is -2.55. The maximum Gasteiger partial charge on any atom is 0.321 e. The predicted octanol–water partition coefficient (Wildman–Crippen LogP) is 5.47. The molecule has 182 valence electrons. The molecule has 9 heteroatoms. The van der Waals surface area contributed by atoms with E-state index in [4.69, 9.17) is 5.26 Å². The third kappa shape index (κ3) is 4.92. The van der Waals surface area contributed by atoms with Gasteiger partial charge in [-0.3, -0.25) is 0 Å². The summed E-state index contributed by atoms with van der Waals surface area (Å²) in [6, 6.07) is 23.0. The fourth-order valence-electron chi connectivity index (χ4n) is 4.41. The van der Waals surface area contributed by atoms with Gasteiger partial charge in [0.05, 0.1) is 11.6 Å². The second-order valence-electron chi connectivity index (χ2n) is 8.53. The van der Waals surface area contributed by atoms with Crippen LogP contribution in [0.3, 0.4) is 0 Å². The first-order valence-electron chi connectivity index (χ1n) is 11.4. The van der Waals surface area contributed by atoms with Crippen molar-refractivity contribution < 1.29 is 9.18 Å². The molecule has 0 saturated carbocycles. The van der Waals surface area contributed by atoms with E-state index >= 15 is 0 Å². The zero-order valence-corrected chi connectivity index (χ0v) is 20.4. The highest BCUT2D eigenvalue weighted by Crippen LogP contribution is 2.33. The van der Waals surface area contributed by atoms with E-state index in [2.05, 4.69) is 33.4 Å². The van der Waals surface area contributed by atoms with Crippen LogP contribution >= 0.6 is 12.4 Å². The lowest BCUT2D eigenvalue weighted by atomic mass is 10.0. The fourth-order valence-corrected chi connectivity index (χ4v) is 4.41. The van der Waals surface area contributed by atoms with E-state index in [1.807, 2.05) is 36.4 Å². The van der Waals surface area contributed by atoms with Gasteiger partial charge in [0, 0.05) is 47.7 Å². The molecule has 5 rings (SSSR count). The molecule has 0 bridgehead atoms. The molecule has 1 atom stereocenters. The normalized spacial score (nSPS) is 15.2. The lowest BCUT2D eigenvalue weighted by Gasteiger charge is -2.40. The van der Waals surface area contributed by atoms with Crippen LogP contribution < -0.4 is 10.2 Å². The van der Waals surface area contributed by atoms with Gasteiger partial charge in [0.25, 0.3) is 0 Å². The number of nitrogens with zero attached hydrogens (tertiary/aromatic N) is 5. The van der Waals surface area contributed by atoms with E-state index in [9.17, 15) is 9.18 Å². The molecule has 1 aromatic heterocycles. The Morgan fingerprint density at radius 2 is 1.69 bits per heavy atom. The summed E-state index contributed by atoms with van der Waals surface area (Å²) in [5.41, 5.74) is 2.81. The molecule has 36 heavy (non-hydrogen) atoms. The van der Waals surface area contributed by atoms with Crippen LogP contribution in [0.25, 0.3) is 22.0 Å². The summed E-state index contributed by atoms with van der Waals surface area (Å²) in [5, 5.41) is 23.0. The number of benzene rings is 3. The van der Waals surface area contributed by atoms with Gasteiger partial charge in [0.1, 0.15) is 11.5 Å². The van der Waals surface area contributed by atoms with E-state index in [0.717, 1.165) is 27.8 Å². The third-order valence-electron chi connectivity index (χ3n) is 6.24. The highest BCUT2D eigenvalue weighted by Gasteiger charge is 2.29. The van der Waals surface area contributed by atoms with Gasteiger partial charge in [0.2, 0.25) is 0 Å². The number of halogens is 2. The Balaban J connectivity index is 0.00000304. The number of piperazine rings is 1. The average molecular weight is 503 g/mol. The minimum Gasteiger partial charge on any atom is -0.348 e. The maximum atomic E-state index is 13.1. The Hall–Kier alpha value is -4.22. The summed E-state index contributed by atoms with van der Waals surface area (Å²) >= 11 is 0. The highest BCUT2D eigenvalue weighted by molar-refractivity contribution is 6.00. The minimum atomic E-state index is -0.344. The standard InChI is InChI=1S/C27H23FN6O.ClH/c1-18-17-33(27(35)30-22-12-10-21(28)11-13-22)14-15-34(18)26-24-5-3-2-4-23(24)25(31-32-26)20-8-6-19(16-29)7-9-20;/h2-13,18H,14-15,17H2,1H3,(H,30,35);1H/t18-;/m0./s1. The summed E-state index contributed by atoms with van der Waals surface area (Å²) in [5.74, 6) is 0.438. The van der Waals surface area contributed by atoms with Crippen LogP contribution in [0, 0.1) is 17.1 Å². The molecule has 1 N–H and O–H groups in total. The molecule has 1 aliphatic rings. The largest absolute Gasteiger partial charge is 0.348 e. The fraction of sp³-hybridized carbons (Fsp3) is 0.185. The Bertz CT molecular complexity index is 1420. The van der Waals surface area contributed by atoms with Crippen molar-refractivity contribution in [3.63, 3.8) is 0 Å². The molecular formula is C27H24ClFN6O. The highest BCUT2D eigenvalue weighted by atomic mass is 35.5. The monoisotopic (exact) mass is 502 g/mol. The van der Waals surface area contributed by atoms with E-state index in [-0.39, 0.29) is 30.3 Å². The minimum absolute atomic E-state index is 0. The molecule has 1 saturated heterocycles. The van der Waals surface area contributed by atoms with E-state index in [0.29, 0.717) is 30.9 Å². The molecule has 2 heterocycles. The molecule has 2 amide bonds. The number of rotatable bonds is 3. The first kappa shape index (κ1) is 24.9. The van der Waals surface area contributed by atoms with Crippen LogP contribution in [-0.2, 0) is 0 Å². The Morgan fingerprint density at radius 1 is 1.00 bits per heavy atom. The summed E-state index contributed by atoms with van der Waals surface area (Å²) in [7, 11) is 0. The quantitative estimate of drug-likeness (QED) is 0.401. The number of urea groups is 1. The van der Waals surface area contributed by atoms with Gasteiger partial charge in [-0.05, 0) is 43.3 Å². The molecular weight excluding hydrogens is 479 g/mol. The van der Waals surface area contributed by atoms with Crippen LogP contribution in [-0.4, -0.2) is 46.8 Å². The predicted molar refractivity (Wildman–Crippen MR) is 141 cm³/mol. The second-order valence-corrected chi connectivity index (χ2v) is 8.53. The molecule has 0 spiro atoms. The van der Waals surface area contributed by atoms with Gasteiger partial charge in [-0.2, -0.15) is 5.26 Å². The van der Waals surface area contributed by atoms with Crippen LogP contribution in [0.15, 0.2) is 72.8 Å². The number of amides is 2. The Kier molecular flexibility index (Phi) is 7.32. The molecule has 4 aromatic rings. The van der Waals surface area contributed by atoms with Crippen molar-refractivity contribution in [1.29, 1.82) is 5.26 Å². The third-order valence-corrected chi connectivity index (χ3v) is 6.24. The van der Waals surface area contributed by atoms with Gasteiger partial charge in [0.15, 0.2) is 5.82 Å². The van der Waals surface area contributed by atoms with E-state index < -0.39 is 0 Å². The number of hydrogen-bond donors (Lipinski definition) is 1. The van der Waals surface area contributed by atoms with E-state index in [1.165, 1.54) is 12.1 Å². The maximum absolute atomic E-state index is 13.1. The number of carbonyl (C=O) groups excluding carboxylic acids is 1. The van der Waals surface area contributed by atoms with Crippen molar-refractivity contribution in [3.8, 4) is 17.3 Å². The summed E-state index contributed by atoms with van der Waals surface area (Å²) in [4.78, 5) is 16.7. The van der Waals surface area contributed by atoms with Gasteiger partial charge < -0.3 is 15.1 Å². The zero-order valence-electron chi connectivity index (χ0n) is 19.6. The van der Waals surface area contributed by atoms with Crippen molar-refractivity contribution in [2.75, 3.05) is 29.9 Å².